The molecule has 0 bridgehead atoms. The molecule has 0 aliphatic rings. The number of hydrogen-bond acceptors (Lipinski definition) is 3. The Hall–Kier alpha value is -1.94. The fraction of sp³-hybridized carbons (Fsp3) is 0.294. The Balaban J connectivity index is 2.40. The first-order chi connectivity index (χ1) is 9.79. The second kappa shape index (κ2) is 5.82. The minimum absolute atomic E-state index is 0.0609. The third kappa shape index (κ3) is 3.58. The minimum atomic E-state index is 0.0609. The Kier molecular flexibility index (Phi) is 4.28. The van der Waals surface area contributed by atoms with Gasteiger partial charge in [-0.15, -0.1) is 0 Å². The summed E-state index contributed by atoms with van der Waals surface area (Å²) in [7, 11) is 0. The lowest BCUT2D eigenvalue weighted by atomic mass is 9.87. The van der Waals surface area contributed by atoms with Crippen molar-refractivity contribution in [3.63, 3.8) is 0 Å². The molecule has 0 fully saturated rings. The number of rotatable bonds is 3. The van der Waals surface area contributed by atoms with E-state index in [0.717, 1.165) is 11.3 Å². The average Bonchev–Trinajstić information content (AvgIpc) is 2.37. The molecule has 0 amide bonds. The number of hydrogen-bond donors (Lipinski definition) is 1. The molecule has 2 aromatic rings. The van der Waals surface area contributed by atoms with Crippen molar-refractivity contribution in [1.29, 1.82) is 0 Å². The molecule has 0 aliphatic heterocycles. The summed E-state index contributed by atoms with van der Waals surface area (Å²) in [4.78, 5) is 4.55. The standard InChI is InChI=1S/C17H20N2OS/c1-11-8-9-19-16(14(11)15(18)21)20-13-7-5-6-12(10-13)17(2,3)4/h5-10H,1-4H3,(H2,18,21). The summed E-state index contributed by atoms with van der Waals surface area (Å²) in [6.07, 6.45) is 1.69. The van der Waals surface area contributed by atoms with E-state index in [9.17, 15) is 0 Å². The third-order valence-electron chi connectivity index (χ3n) is 3.29. The van der Waals surface area contributed by atoms with E-state index in [1.807, 2.05) is 31.2 Å². The van der Waals surface area contributed by atoms with Crippen LogP contribution < -0.4 is 10.5 Å². The van der Waals surface area contributed by atoms with E-state index in [2.05, 4.69) is 31.8 Å². The zero-order valence-electron chi connectivity index (χ0n) is 12.8. The predicted molar refractivity (Wildman–Crippen MR) is 90.1 cm³/mol. The monoisotopic (exact) mass is 300 g/mol. The van der Waals surface area contributed by atoms with E-state index in [-0.39, 0.29) is 5.41 Å². The Morgan fingerprint density at radius 2 is 1.95 bits per heavy atom. The summed E-state index contributed by atoms with van der Waals surface area (Å²) in [5.41, 5.74) is 8.69. The van der Waals surface area contributed by atoms with Crippen LogP contribution in [0.2, 0.25) is 0 Å². The van der Waals surface area contributed by atoms with Crippen LogP contribution in [0.15, 0.2) is 36.5 Å². The number of pyridine rings is 1. The second-order valence-electron chi connectivity index (χ2n) is 6.05. The molecule has 0 saturated heterocycles. The molecule has 0 unspecified atom stereocenters. The highest BCUT2D eigenvalue weighted by Crippen LogP contribution is 2.29. The minimum Gasteiger partial charge on any atom is -0.438 e. The van der Waals surface area contributed by atoms with Crippen molar-refractivity contribution in [2.45, 2.75) is 33.1 Å². The molecule has 110 valence electrons. The van der Waals surface area contributed by atoms with E-state index in [4.69, 9.17) is 22.7 Å². The van der Waals surface area contributed by atoms with Crippen molar-refractivity contribution in [3.05, 3.63) is 53.2 Å². The van der Waals surface area contributed by atoms with Gasteiger partial charge in [-0.25, -0.2) is 4.98 Å². The van der Waals surface area contributed by atoms with Crippen molar-refractivity contribution >= 4 is 17.2 Å². The van der Waals surface area contributed by atoms with Gasteiger partial charge in [0.25, 0.3) is 0 Å². The molecule has 1 aromatic carbocycles. The van der Waals surface area contributed by atoms with Crippen molar-refractivity contribution in [1.82, 2.24) is 4.98 Å². The first kappa shape index (κ1) is 15.4. The normalized spacial score (nSPS) is 11.2. The fourth-order valence-corrected chi connectivity index (χ4v) is 2.30. The molecule has 2 N–H and O–H groups in total. The molecular weight excluding hydrogens is 280 g/mol. The Bertz CT molecular complexity index is 675. The maximum Gasteiger partial charge on any atom is 0.229 e. The molecule has 0 radical (unpaired) electrons. The third-order valence-corrected chi connectivity index (χ3v) is 3.49. The maximum absolute atomic E-state index is 5.91. The number of nitrogens with zero attached hydrogens (tertiary/aromatic N) is 1. The van der Waals surface area contributed by atoms with Crippen molar-refractivity contribution in [2.24, 2.45) is 5.73 Å². The zero-order valence-corrected chi connectivity index (χ0v) is 13.6. The van der Waals surface area contributed by atoms with E-state index in [1.54, 1.807) is 6.20 Å². The van der Waals surface area contributed by atoms with Gasteiger partial charge in [-0.3, -0.25) is 0 Å². The van der Waals surface area contributed by atoms with Gasteiger partial charge < -0.3 is 10.5 Å². The Morgan fingerprint density at radius 1 is 1.24 bits per heavy atom. The molecule has 1 heterocycles. The van der Waals surface area contributed by atoms with Gasteiger partial charge in [0.15, 0.2) is 0 Å². The van der Waals surface area contributed by atoms with Crippen LogP contribution in [0.3, 0.4) is 0 Å². The van der Waals surface area contributed by atoms with Gasteiger partial charge in [0.1, 0.15) is 10.7 Å². The first-order valence-corrected chi connectivity index (χ1v) is 7.23. The lowest BCUT2D eigenvalue weighted by Crippen LogP contribution is -2.14. The highest BCUT2D eigenvalue weighted by Gasteiger charge is 2.16. The van der Waals surface area contributed by atoms with Gasteiger partial charge >= 0.3 is 0 Å². The molecule has 4 heteroatoms. The molecule has 0 saturated carbocycles. The summed E-state index contributed by atoms with van der Waals surface area (Å²) in [5, 5.41) is 0. The summed E-state index contributed by atoms with van der Waals surface area (Å²) >= 11 is 5.10. The van der Waals surface area contributed by atoms with Crippen molar-refractivity contribution in [2.75, 3.05) is 0 Å². The van der Waals surface area contributed by atoms with E-state index < -0.39 is 0 Å². The zero-order chi connectivity index (χ0) is 15.6. The highest BCUT2D eigenvalue weighted by molar-refractivity contribution is 7.80. The van der Waals surface area contributed by atoms with Crippen molar-refractivity contribution in [3.8, 4) is 11.6 Å². The van der Waals surface area contributed by atoms with Gasteiger partial charge in [0.2, 0.25) is 5.88 Å². The van der Waals surface area contributed by atoms with Crippen LogP contribution in [-0.2, 0) is 5.41 Å². The van der Waals surface area contributed by atoms with Gasteiger partial charge in [-0.05, 0) is 41.7 Å². The lowest BCUT2D eigenvalue weighted by Gasteiger charge is -2.20. The molecule has 2 rings (SSSR count). The van der Waals surface area contributed by atoms with Crippen LogP contribution in [0.25, 0.3) is 0 Å². The van der Waals surface area contributed by atoms with Crippen LogP contribution in [0, 0.1) is 6.92 Å². The quantitative estimate of drug-likeness (QED) is 0.866. The average molecular weight is 300 g/mol. The van der Waals surface area contributed by atoms with Crippen molar-refractivity contribution < 1.29 is 4.74 Å². The van der Waals surface area contributed by atoms with Gasteiger partial charge in [0, 0.05) is 6.20 Å². The molecule has 1 aromatic heterocycles. The summed E-state index contributed by atoms with van der Waals surface area (Å²) in [5.74, 6) is 1.19. The number of benzene rings is 1. The second-order valence-corrected chi connectivity index (χ2v) is 6.49. The maximum atomic E-state index is 5.91. The molecule has 0 spiro atoms. The van der Waals surface area contributed by atoms with Crippen LogP contribution in [0.1, 0.15) is 37.5 Å². The molecule has 0 aliphatic carbocycles. The lowest BCUT2D eigenvalue weighted by molar-refractivity contribution is 0.458. The molecule has 3 nitrogen and oxygen atoms in total. The van der Waals surface area contributed by atoms with Crippen LogP contribution >= 0.6 is 12.2 Å². The van der Waals surface area contributed by atoms with Gasteiger partial charge in [-0.2, -0.15) is 0 Å². The fourth-order valence-electron chi connectivity index (χ4n) is 2.05. The van der Waals surface area contributed by atoms with E-state index >= 15 is 0 Å². The Labute approximate surface area is 131 Å². The van der Waals surface area contributed by atoms with Gasteiger partial charge in [-0.1, -0.05) is 45.1 Å². The number of aryl methyl sites for hydroxylation is 1. The van der Waals surface area contributed by atoms with E-state index in [1.165, 1.54) is 5.56 Å². The van der Waals surface area contributed by atoms with Gasteiger partial charge in [0.05, 0.1) is 5.56 Å². The summed E-state index contributed by atoms with van der Waals surface area (Å²) in [6, 6.07) is 9.86. The molecule has 0 atom stereocenters. The highest BCUT2D eigenvalue weighted by atomic mass is 32.1. The Morgan fingerprint density at radius 3 is 2.57 bits per heavy atom. The van der Waals surface area contributed by atoms with E-state index in [0.29, 0.717) is 16.4 Å². The topological polar surface area (TPSA) is 48.1 Å². The van der Waals surface area contributed by atoms with Crippen LogP contribution in [0.4, 0.5) is 0 Å². The summed E-state index contributed by atoms with van der Waals surface area (Å²) in [6.45, 7) is 8.43. The number of ether oxygens (including phenoxy) is 1. The number of nitrogens with two attached hydrogens (primary N) is 1. The molecular formula is C17H20N2OS. The first-order valence-electron chi connectivity index (χ1n) is 6.83. The predicted octanol–water partition coefficient (Wildman–Crippen LogP) is 4.11. The molecule has 21 heavy (non-hydrogen) atoms. The SMILES string of the molecule is Cc1ccnc(Oc2cccc(C(C)(C)C)c2)c1C(N)=S. The smallest absolute Gasteiger partial charge is 0.229 e. The van der Waals surface area contributed by atoms with Crippen LogP contribution in [-0.4, -0.2) is 9.97 Å². The summed E-state index contributed by atoms with van der Waals surface area (Å²) < 4.78 is 5.91. The van der Waals surface area contributed by atoms with Crippen LogP contribution in [0.5, 0.6) is 11.6 Å². The largest absolute Gasteiger partial charge is 0.438 e. The number of thiocarbonyl (C=S) groups is 1. The number of aromatic nitrogens is 1.